The second kappa shape index (κ2) is 7.30. The smallest absolute Gasteiger partial charge is 0.0801 e. The standard InChI is InChI=1S/C20H10Br2N4.Zn/c21-17-7-15-6-13-2-1-11(23-13)5-12-3-4-14(24-12)9-19-18(22)8-16(26-19)10-20(17)25-15;/h1-10H;/i3D;. The molecule has 0 aromatic rings. The molecule has 0 atom stereocenters. The Morgan fingerprint density at radius 3 is 1.89 bits per heavy atom. The van der Waals surface area contributed by atoms with E-state index in [-0.39, 0.29) is 19.5 Å². The number of halogens is 2. The van der Waals surface area contributed by atoms with E-state index in [2.05, 4.69) is 51.8 Å². The van der Waals surface area contributed by atoms with Gasteiger partial charge in [0.05, 0.1) is 47.0 Å². The summed E-state index contributed by atoms with van der Waals surface area (Å²) in [5.41, 5.74) is 6.04. The fourth-order valence-corrected chi connectivity index (χ4v) is 3.71. The van der Waals surface area contributed by atoms with Gasteiger partial charge in [0.15, 0.2) is 0 Å². The van der Waals surface area contributed by atoms with E-state index in [1.165, 1.54) is 0 Å². The molecule has 4 nitrogen and oxygen atoms in total. The fraction of sp³-hybridized carbons (Fsp3) is 0. The third-order valence-electron chi connectivity index (χ3n) is 3.99. The van der Waals surface area contributed by atoms with Crippen LogP contribution in [0.15, 0.2) is 112 Å². The molecule has 0 spiro atoms. The number of nitrogens with zero attached hydrogens (tertiary/aromatic N) is 4. The van der Waals surface area contributed by atoms with Gasteiger partial charge in [-0.2, -0.15) is 0 Å². The Kier molecular flexibility index (Phi) is 4.68. The largest absolute Gasteiger partial charge is 0.249 e. The summed E-state index contributed by atoms with van der Waals surface area (Å²) in [6, 6.07) is 0.361. The first-order valence-electron chi connectivity index (χ1n) is 8.37. The Balaban J connectivity index is 0.00000192. The van der Waals surface area contributed by atoms with Crippen LogP contribution in [0, 0.1) is 0 Å². The summed E-state index contributed by atoms with van der Waals surface area (Å²) in [6.07, 6.45) is 17.0. The number of aliphatic imine (C=N–C) groups is 4. The molecule has 8 bridgehead atoms. The Morgan fingerprint density at radius 1 is 0.593 bits per heavy atom. The number of allylic oxidation sites excluding steroid dienone is 12. The van der Waals surface area contributed by atoms with E-state index in [0.29, 0.717) is 17.5 Å². The molecule has 0 fully saturated rings. The van der Waals surface area contributed by atoms with Crippen molar-refractivity contribution in [1.29, 1.82) is 0 Å². The van der Waals surface area contributed by atoms with Crippen LogP contribution in [-0.4, -0.2) is 22.8 Å². The molecule has 0 saturated carbocycles. The van der Waals surface area contributed by atoms with Gasteiger partial charge in [-0.1, -0.05) is 0 Å². The fourth-order valence-electron chi connectivity index (χ4n) is 2.83. The molecule has 126 valence electrons. The molecule has 27 heavy (non-hydrogen) atoms. The predicted molar refractivity (Wildman–Crippen MR) is 114 cm³/mol. The molecule has 0 aromatic heterocycles. The van der Waals surface area contributed by atoms with Gasteiger partial charge in [0, 0.05) is 28.4 Å². The molecular formula is C20H10Br2N4Zn. The molecule has 0 saturated heterocycles. The average Bonchev–Trinajstić information content (AvgIpc) is 3.34. The van der Waals surface area contributed by atoms with Crippen molar-refractivity contribution >= 4 is 54.7 Å². The van der Waals surface area contributed by atoms with E-state index in [1.807, 2.05) is 48.6 Å². The first-order chi connectivity index (χ1) is 13.0. The molecule has 0 amide bonds. The zero-order chi connectivity index (χ0) is 18.5. The van der Waals surface area contributed by atoms with Gasteiger partial charge in [-0.05, 0) is 92.6 Å². The van der Waals surface area contributed by atoms with Crippen molar-refractivity contribution in [3.63, 3.8) is 0 Å². The third-order valence-corrected chi connectivity index (χ3v) is 5.26. The summed E-state index contributed by atoms with van der Waals surface area (Å²) in [6.45, 7) is 0. The summed E-state index contributed by atoms with van der Waals surface area (Å²) in [5, 5.41) is 0. The molecule has 0 radical (unpaired) electrons. The van der Waals surface area contributed by atoms with Crippen molar-refractivity contribution in [3.8, 4) is 0 Å². The van der Waals surface area contributed by atoms with E-state index in [1.54, 1.807) is 6.08 Å². The molecule has 0 N–H and O–H groups in total. The van der Waals surface area contributed by atoms with Gasteiger partial charge in [-0.15, -0.1) is 0 Å². The molecule has 0 unspecified atom stereocenters. The molecule has 7 heteroatoms. The average molecular weight is 533 g/mol. The summed E-state index contributed by atoms with van der Waals surface area (Å²) < 4.78 is 9.94. The predicted octanol–water partition coefficient (Wildman–Crippen LogP) is 5.02. The van der Waals surface area contributed by atoms with Gasteiger partial charge in [-0.3, -0.25) is 0 Å². The second-order valence-electron chi connectivity index (χ2n) is 5.91. The van der Waals surface area contributed by atoms with Crippen LogP contribution in [0.25, 0.3) is 0 Å². The van der Waals surface area contributed by atoms with Gasteiger partial charge >= 0.3 is 0 Å². The van der Waals surface area contributed by atoms with Crippen LogP contribution in [0.4, 0.5) is 0 Å². The van der Waals surface area contributed by atoms with E-state index in [4.69, 9.17) is 1.37 Å². The molecule has 5 aliphatic rings. The minimum atomic E-state index is 0. The van der Waals surface area contributed by atoms with Crippen molar-refractivity contribution in [2.45, 2.75) is 0 Å². The van der Waals surface area contributed by atoms with Gasteiger partial charge in [0.2, 0.25) is 0 Å². The summed E-state index contributed by atoms with van der Waals surface area (Å²) in [7, 11) is 0. The second-order valence-corrected chi connectivity index (χ2v) is 7.62. The minimum absolute atomic E-state index is 0. The van der Waals surface area contributed by atoms with Crippen LogP contribution < -0.4 is 0 Å². The van der Waals surface area contributed by atoms with E-state index >= 15 is 0 Å². The zero-order valence-electron chi connectivity index (χ0n) is 14.9. The van der Waals surface area contributed by atoms with Crippen LogP contribution in [-0.2, 0) is 19.5 Å². The van der Waals surface area contributed by atoms with Crippen molar-refractivity contribution in [3.05, 3.63) is 92.5 Å². The number of hydrogen-bond acceptors (Lipinski definition) is 4. The molecule has 0 aliphatic carbocycles. The number of fused-ring (bicyclic) bond motifs is 4. The van der Waals surface area contributed by atoms with Crippen LogP contribution in [0.2, 0.25) is 0 Å². The van der Waals surface area contributed by atoms with E-state index < -0.39 is 0 Å². The van der Waals surface area contributed by atoms with Crippen LogP contribution in [0.3, 0.4) is 0 Å². The SMILES string of the molecule is [2H]C1=CC2=CC3=NC(=CC4=NC(=CC5=NC(=CC1=N2)C=C5)C=C4Br)C=C3Br.[Zn]. The van der Waals surface area contributed by atoms with Gasteiger partial charge in [0.1, 0.15) is 0 Å². The minimum Gasteiger partial charge on any atom is -0.249 e. The first-order valence-corrected chi connectivity index (χ1v) is 9.45. The van der Waals surface area contributed by atoms with Crippen LogP contribution in [0.1, 0.15) is 1.37 Å². The Hall–Kier alpha value is -1.82. The van der Waals surface area contributed by atoms with E-state index in [9.17, 15) is 0 Å². The Bertz CT molecular complexity index is 1180. The first kappa shape index (κ1) is 17.3. The maximum absolute atomic E-state index is 8.17. The topological polar surface area (TPSA) is 49.4 Å². The summed E-state index contributed by atoms with van der Waals surface area (Å²) in [5.74, 6) is 0. The molecule has 5 heterocycles. The van der Waals surface area contributed by atoms with E-state index in [0.717, 1.165) is 43.2 Å². The van der Waals surface area contributed by atoms with Crippen molar-refractivity contribution in [2.24, 2.45) is 20.0 Å². The van der Waals surface area contributed by atoms with Crippen molar-refractivity contribution in [1.82, 2.24) is 0 Å². The maximum atomic E-state index is 8.17. The normalized spacial score (nSPS) is 22.7. The number of hydrogen-bond donors (Lipinski definition) is 0. The van der Waals surface area contributed by atoms with Crippen LogP contribution >= 0.6 is 31.9 Å². The Morgan fingerprint density at radius 2 is 1.15 bits per heavy atom. The molecule has 5 rings (SSSR count). The van der Waals surface area contributed by atoms with Gasteiger partial charge in [0.25, 0.3) is 0 Å². The molecule has 0 aromatic carbocycles. The quantitative estimate of drug-likeness (QED) is 0.394. The molecule has 5 aliphatic heterocycles. The summed E-state index contributed by atoms with van der Waals surface area (Å²) in [4.78, 5) is 18.4. The maximum Gasteiger partial charge on any atom is 0.0801 e. The molecular weight excluding hydrogens is 521 g/mol. The monoisotopic (exact) mass is 529 g/mol. The van der Waals surface area contributed by atoms with Crippen LogP contribution in [0.5, 0.6) is 0 Å². The Labute approximate surface area is 187 Å². The van der Waals surface area contributed by atoms with Crippen molar-refractivity contribution in [2.75, 3.05) is 0 Å². The van der Waals surface area contributed by atoms with Gasteiger partial charge in [-0.25, -0.2) is 20.0 Å². The third kappa shape index (κ3) is 3.77. The van der Waals surface area contributed by atoms with Gasteiger partial charge < -0.3 is 0 Å². The zero-order valence-corrected chi connectivity index (χ0v) is 20.1. The number of rotatable bonds is 0. The van der Waals surface area contributed by atoms with Crippen molar-refractivity contribution < 1.29 is 20.8 Å². The summed E-state index contributed by atoms with van der Waals surface area (Å²) >= 11 is 7.12.